The maximum Gasteiger partial charge on any atom is 0.269 e. The summed E-state index contributed by atoms with van der Waals surface area (Å²) in [4.78, 5) is 15.8. The highest BCUT2D eigenvalue weighted by Gasteiger charge is 2.08. The molecule has 1 atom stereocenters. The van der Waals surface area contributed by atoms with Gasteiger partial charge in [0, 0.05) is 24.5 Å². The highest BCUT2D eigenvalue weighted by atomic mass is 16.1. The number of carbonyl (C=O) groups excluding carboxylic acids is 1. The van der Waals surface area contributed by atoms with Crippen molar-refractivity contribution in [2.45, 2.75) is 53.0 Å². The molecule has 4 heteroatoms. The van der Waals surface area contributed by atoms with Gasteiger partial charge in [0.1, 0.15) is 5.69 Å². The Labute approximate surface area is 122 Å². The molecule has 0 aliphatic heterocycles. The van der Waals surface area contributed by atoms with Gasteiger partial charge in [-0.05, 0) is 38.3 Å². The predicted octanol–water partition coefficient (Wildman–Crippen LogP) is 3.46. The summed E-state index contributed by atoms with van der Waals surface area (Å²) in [6.45, 7) is 9.19. The van der Waals surface area contributed by atoms with Crippen LogP contribution in [-0.2, 0) is 0 Å². The maximum atomic E-state index is 11.7. The minimum absolute atomic E-state index is 0.122. The lowest BCUT2D eigenvalue weighted by molar-refractivity contribution is 0.0951. The Hall–Kier alpha value is -1.58. The largest absolute Gasteiger partial charge is 0.382 e. The summed E-state index contributed by atoms with van der Waals surface area (Å²) in [6, 6.07) is 4.12. The number of nitrogens with zero attached hydrogens (tertiary/aromatic N) is 1. The zero-order chi connectivity index (χ0) is 15.0. The van der Waals surface area contributed by atoms with E-state index in [4.69, 9.17) is 0 Å². The van der Waals surface area contributed by atoms with Crippen LogP contribution in [0.25, 0.3) is 0 Å². The van der Waals surface area contributed by atoms with Crippen molar-refractivity contribution in [2.75, 3.05) is 11.9 Å². The maximum absolute atomic E-state index is 11.7. The molecule has 1 aromatic heterocycles. The Balaban J connectivity index is 2.51. The average Bonchev–Trinajstić information content (AvgIpc) is 2.38. The Morgan fingerprint density at radius 3 is 2.70 bits per heavy atom. The molecule has 4 nitrogen and oxygen atoms in total. The van der Waals surface area contributed by atoms with Crippen LogP contribution in [0.5, 0.6) is 0 Å². The molecule has 0 radical (unpaired) electrons. The Morgan fingerprint density at radius 2 is 2.05 bits per heavy atom. The molecule has 1 heterocycles. The molecule has 0 aliphatic rings. The third-order valence-corrected chi connectivity index (χ3v) is 3.16. The van der Waals surface area contributed by atoms with E-state index in [0.717, 1.165) is 18.0 Å². The highest BCUT2D eigenvalue weighted by molar-refractivity contribution is 5.93. The monoisotopic (exact) mass is 277 g/mol. The quantitative estimate of drug-likeness (QED) is 0.765. The third kappa shape index (κ3) is 6.04. The molecule has 0 fully saturated rings. The lowest BCUT2D eigenvalue weighted by Gasteiger charge is -2.16. The van der Waals surface area contributed by atoms with Gasteiger partial charge in [-0.2, -0.15) is 0 Å². The topological polar surface area (TPSA) is 54.0 Å². The summed E-state index contributed by atoms with van der Waals surface area (Å²) in [5.41, 5.74) is 1.42. The van der Waals surface area contributed by atoms with Gasteiger partial charge < -0.3 is 10.6 Å². The molecule has 20 heavy (non-hydrogen) atoms. The van der Waals surface area contributed by atoms with Crippen LogP contribution in [0.3, 0.4) is 0 Å². The summed E-state index contributed by atoms with van der Waals surface area (Å²) >= 11 is 0. The van der Waals surface area contributed by atoms with Crippen molar-refractivity contribution in [1.29, 1.82) is 0 Å². The highest BCUT2D eigenvalue weighted by Crippen LogP contribution is 2.14. The summed E-state index contributed by atoms with van der Waals surface area (Å²) in [7, 11) is 0. The number of hydrogen-bond acceptors (Lipinski definition) is 3. The lowest BCUT2D eigenvalue weighted by atomic mass is 10.0. The summed E-state index contributed by atoms with van der Waals surface area (Å²) in [5, 5.41) is 6.19. The number of rotatable bonds is 8. The molecule has 0 saturated heterocycles. The molecule has 0 aliphatic carbocycles. The fourth-order valence-electron chi connectivity index (χ4n) is 2.08. The standard InChI is InChI=1S/C16H27N3O/c1-5-17-16(20)15-11-14(9-10-18-15)19-13(4)8-6-7-12(2)3/h9-13H,5-8H2,1-4H3,(H,17,20)(H,18,19). The molecule has 112 valence electrons. The van der Waals surface area contributed by atoms with Crippen LogP contribution < -0.4 is 10.6 Å². The van der Waals surface area contributed by atoms with E-state index in [0.29, 0.717) is 18.3 Å². The van der Waals surface area contributed by atoms with Crippen LogP contribution in [0.2, 0.25) is 0 Å². The molecular formula is C16H27N3O. The zero-order valence-electron chi connectivity index (χ0n) is 13.1. The molecule has 0 bridgehead atoms. The molecule has 1 rings (SSSR count). The van der Waals surface area contributed by atoms with E-state index in [2.05, 4.69) is 36.4 Å². The van der Waals surface area contributed by atoms with E-state index in [-0.39, 0.29) is 5.91 Å². The van der Waals surface area contributed by atoms with Crippen LogP contribution in [-0.4, -0.2) is 23.5 Å². The Bertz CT molecular complexity index is 418. The van der Waals surface area contributed by atoms with Gasteiger partial charge in [0.25, 0.3) is 5.91 Å². The minimum Gasteiger partial charge on any atom is -0.382 e. The van der Waals surface area contributed by atoms with Gasteiger partial charge in [0.15, 0.2) is 0 Å². The number of nitrogens with one attached hydrogen (secondary N) is 2. The first-order valence-electron chi connectivity index (χ1n) is 7.53. The number of carbonyl (C=O) groups is 1. The molecule has 1 amide bonds. The second-order valence-electron chi connectivity index (χ2n) is 5.66. The fraction of sp³-hybridized carbons (Fsp3) is 0.625. The van der Waals surface area contributed by atoms with Crippen molar-refractivity contribution in [3.05, 3.63) is 24.0 Å². The smallest absolute Gasteiger partial charge is 0.269 e. The van der Waals surface area contributed by atoms with Gasteiger partial charge in [-0.1, -0.05) is 26.7 Å². The van der Waals surface area contributed by atoms with Crippen molar-refractivity contribution in [3.63, 3.8) is 0 Å². The lowest BCUT2D eigenvalue weighted by Crippen LogP contribution is -2.24. The van der Waals surface area contributed by atoms with Gasteiger partial charge in [-0.15, -0.1) is 0 Å². The normalized spacial score (nSPS) is 12.2. The molecule has 0 aromatic carbocycles. The zero-order valence-corrected chi connectivity index (χ0v) is 13.1. The van der Waals surface area contributed by atoms with E-state index in [1.54, 1.807) is 6.20 Å². The Kier molecular flexibility index (Phi) is 7.05. The van der Waals surface area contributed by atoms with Gasteiger partial charge in [0.05, 0.1) is 0 Å². The van der Waals surface area contributed by atoms with E-state index in [1.807, 2.05) is 19.1 Å². The van der Waals surface area contributed by atoms with Crippen LogP contribution in [0.4, 0.5) is 5.69 Å². The first-order valence-corrected chi connectivity index (χ1v) is 7.53. The van der Waals surface area contributed by atoms with E-state index < -0.39 is 0 Å². The summed E-state index contributed by atoms with van der Waals surface area (Å²) in [5.74, 6) is 0.635. The van der Waals surface area contributed by atoms with Gasteiger partial charge in [0.2, 0.25) is 0 Å². The van der Waals surface area contributed by atoms with Crippen LogP contribution >= 0.6 is 0 Å². The van der Waals surface area contributed by atoms with Crippen molar-refractivity contribution in [3.8, 4) is 0 Å². The van der Waals surface area contributed by atoms with Gasteiger partial charge in [-0.3, -0.25) is 9.78 Å². The first kappa shape index (κ1) is 16.5. The predicted molar refractivity (Wildman–Crippen MR) is 84.0 cm³/mol. The summed E-state index contributed by atoms with van der Waals surface area (Å²) in [6.07, 6.45) is 5.29. The van der Waals surface area contributed by atoms with Crippen LogP contribution in [0.15, 0.2) is 18.3 Å². The third-order valence-electron chi connectivity index (χ3n) is 3.16. The molecule has 1 unspecified atom stereocenters. The molecular weight excluding hydrogens is 250 g/mol. The number of amides is 1. The Morgan fingerprint density at radius 1 is 1.30 bits per heavy atom. The second kappa shape index (κ2) is 8.56. The molecule has 0 saturated carbocycles. The fourth-order valence-corrected chi connectivity index (χ4v) is 2.08. The molecule has 1 aromatic rings. The van der Waals surface area contributed by atoms with Gasteiger partial charge >= 0.3 is 0 Å². The van der Waals surface area contributed by atoms with Crippen molar-refractivity contribution >= 4 is 11.6 Å². The number of anilines is 1. The SMILES string of the molecule is CCNC(=O)c1cc(NC(C)CCCC(C)C)ccn1. The number of pyridine rings is 1. The summed E-state index contributed by atoms with van der Waals surface area (Å²) < 4.78 is 0. The van der Waals surface area contributed by atoms with Crippen LogP contribution in [0.1, 0.15) is 57.4 Å². The number of hydrogen-bond donors (Lipinski definition) is 2. The minimum atomic E-state index is -0.122. The van der Waals surface area contributed by atoms with Crippen molar-refractivity contribution < 1.29 is 4.79 Å². The van der Waals surface area contributed by atoms with Crippen LogP contribution in [0, 0.1) is 5.92 Å². The van der Waals surface area contributed by atoms with Crippen molar-refractivity contribution in [2.24, 2.45) is 5.92 Å². The number of aromatic nitrogens is 1. The molecule has 0 spiro atoms. The van der Waals surface area contributed by atoms with E-state index in [1.165, 1.54) is 12.8 Å². The first-order chi connectivity index (χ1) is 9.52. The van der Waals surface area contributed by atoms with E-state index in [9.17, 15) is 4.79 Å². The van der Waals surface area contributed by atoms with Gasteiger partial charge in [-0.25, -0.2) is 0 Å². The second-order valence-corrected chi connectivity index (χ2v) is 5.66. The van der Waals surface area contributed by atoms with E-state index >= 15 is 0 Å². The average molecular weight is 277 g/mol. The molecule has 2 N–H and O–H groups in total. The van der Waals surface area contributed by atoms with Crippen molar-refractivity contribution in [1.82, 2.24) is 10.3 Å².